The standard InChI is InChI=1S/C13H13FN2O/c1-3-9-4-6-10(7-5-9)12-15-8(2)11(14)13(17)16-12/h4-7H,3H2,1-2H3,(H,15,16,17). The van der Waals surface area contributed by atoms with Crippen LogP contribution in [0, 0.1) is 12.7 Å². The molecule has 2 aromatic rings. The molecule has 1 heterocycles. The van der Waals surface area contributed by atoms with Crippen molar-refractivity contribution in [3.05, 3.63) is 51.7 Å². The first-order valence-electron chi connectivity index (χ1n) is 5.47. The number of nitrogens with one attached hydrogen (secondary N) is 1. The van der Waals surface area contributed by atoms with Gasteiger partial charge in [-0.25, -0.2) is 4.98 Å². The van der Waals surface area contributed by atoms with E-state index in [0.29, 0.717) is 5.82 Å². The highest BCUT2D eigenvalue weighted by Crippen LogP contribution is 2.15. The van der Waals surface area contributed by atoms with Crippen molar-refractivity contribution in [2.24, 2.45) is 0 Å². The third-order valence-corrected chi connectivity index (χ3v) is 2.66. The van der Waals surface area contributed by atoms with E-state index in [1.807, 2.05) is 24.3 Å². The molecule has 0 atom stereocenters. The first kappa shape index (κ1) is 11.5. The Labute approximate surface area is 98.3 Å². The molecule has 0 saturated carbocycles. The minimum absolute atomic E-state index is 0.114. The summed E-state index contributed by atoms with van der Waals surface area (Å²) in [6, 6.07) is 7.67. The van der Waals surface area contributed by atoms with Crippen LogP contribution in [0.4, 0.5) is 4.39 Å². The number of H-pyrrole nitrogens is 1. The fraction of sp³-hybridized carbons (Fsp3) is 0.231. The second-order valence-corrected chi connectivity index (χ2v) is 3.86. The van der Waals surface area contributed by atoms with Gasteiger partial charge in [0.2, 0.25) is 5.82 Å². The van der Waals surface area contributed by atoms with Gasteiger partial charge in [-0.3, -0.25) is 4.79 Å². The van der Waals surface area contributed by atoms with Gasteiger partial charge in [-0.15, -0.1) is 0 Å². The summed E-state index contributed by atoms with van der Waals surface area (Å²) in [6.07, 6.45) is 0.951. The smallest absolute Gasteiger partial charge is 0.287 e. The molecule has 0 radical (unpaired) electrons. The predicted octanol–water partition coefficient (Wildman–Crippen LogP) is 2.45. The Morgan fingerprint density at radius 2 is 1.94 bits per heavy atom. The molecule has 0 bridgehead atoms. The summed E-state index contributed by atoms with van der Waals surface area (Å²) >= 11 is 0. The summed E-state index contributed by atoms with van der Waals surface area (Å²) < 4.78 is 13.1. The fourth-order valence-electron chi connectivity index (χ4n) is 1.61. The molecule has 17 heavy (non-hydrogen) atoms. The number of nitrogens with zero attached hydrogens (tertiary/aromatic N) is 1. The Morgan fingerprint density at radius 3 is 2.47 bits per heavy atom. The van der Waals surface area contributed by atoms with Crippen LogP contribution >= 0.6 is 0 Å². The Kier molecular flexibility index (Phi) is 3.04. The van der Waals surface area contributed by atoms with Crippen LogP contribution in [0.25, 0.3) is 11.4 Å². The van der Waals surface area contributed by atoms with E-state index < -0.39 is 11.4 Å². The third kappa shape index (κ3) is 2.25. The Morgan fingerprint density at radius 1 is 1.29 bits per heavy atom. The second-order valence-electron chi connectivity index (χ2n) is 3.86. The summed E-state index contributed by atoms with van der Waals surface area (Å²) in [4.78, 5) is 17.7. The zero-order valence-electron chi connectivity index (χ0n) is 9.75. The highest BCUT2D eigenvalue weighted by atomic mass is 19.1. The molecule has 0 aliphatic heterocycles. The van der Waals surface area contributed by atoms with Crippen molar-refractivity contribution < 1.29 is 4.39 Å². The lowest BCUT2D eigenvalue weighted by Crippen LogP contribution is -2.15. The van der Waals surface area contributed by atoms with Crippen molar-refractivity contribution in [1.29, 1.82) is 0 Å². The molecule has 1 N–H and O–H groups in total. The molecule has 0 amide bonds. The molecule has 0 aliphatic carbocycles. The lowest BCUT2D eigenvalue weighted by Gasteiger charge is -2.03. The van der Waals surface area contributed by atoms with Crippen LogP contribution < -0.4 is 5.56 Å². The SMILES string of the molecule is CCc1ccc(-c2nc(C)c(F)c(=O)[nH]2)cc1. The minimum Gasteiger partial charge on any atom is -0.304 e. The normalized spacial score (nSPS) is 10.5. The van der Waals surface area contributed by atoms with E-state index in [2.05, 4.69) is 16.9 Å². The van der Waals surface area contributed by atoms with E-state index in [9.17, 15) is 9.18 Å². The molecule has 1 aromatic carbocycles. The maximum absolute atomic E-state index is 13.1. The van der Waals surface area contributed by atoms with Crippen LogP contribution in [-0.2, 0) is 6.42 Å². The Balaban J connectivity index is 2.49. The maximum Gasteiger partial charge on any atom is 0.287 e. The average molecular weight is 232 g/mol. The molecule has 88 valence electrons. The topological polar surface area (TPSA) is 45.8 Å². The highest BCUT2D eigenvalue weighted by Gasteiger charge is 2.08. The number of benzene rings is 1. The average Bonchev–Trinajstić information content (AvgIpc) is 2.35. The molecule has 1 aromatic heterocycles. The van der Waals surface area contributed by atoms with Crippen molar-refractivity contribution in [2.75, 3.05) is 0 Å². The first-order chi connectivity index (χ1) is 8.11. The molecule has 2 rings (SSSR count). The van der Waals surface area contributed by atoms with Gasteiger partial charge in [0.1, 0.15) is 5.82 Å². The summed E-state index contributed by atoms with van der Waals surface area (Å²) in [7, 11) is 0. The lowest BCUT2D eigenvalue weighted by atomic mass is 10.1. The van der Waals surface area contributed by atoms with E-state index in [1.54, 1.807) is 0 Å². The number of halogens is 1. The number of hydrogen-bond acceptors (Lipinski definition) is 2. The molecule has 0 fully saturated rings. The van der Waals surface area contributed by atoms with Gasteiger partial charge < -0.3 is 4.98 Å². The quantitative estimate of drug-likeness (QED) is 0.864. The largest absolute Gasteiger partial charge is 0.304 e. The molecule has 0 spiro atoms. The van der Waals surface area contributed by atoms with Gasteiger partial charge in [0.05, 0.1) is 5.69 Å². The fourth-order valence-corrected chi connectivity index (χ4v) is 1.61. The van der Waals surface area contributed by atoms with Crippen molar-refractivity contribution >= 4 is 0 Å². The maximum atomic E-state index is 13.1. The Hall–Kier alpha value is -1.97. The summed E-state index contributed by atoms with van der Waals surface area (Å²) in [5.74, 6) is -0.421. The molecular formula is C13H13FN2O. The first-order valence-corrected chi connectivity index (χ1v) is 5.47. The van der Waals surface area contributed by atoms with Gasteiger partial charge in [0.15, 0.2) is 0 Å². The van der Waals surface area contributed by atoms with Crippen LogP contribution in [0.2, 0.25) is 0 Å². The van der Waals surface area contributed by atoms with Crippen LogP contribution in [0.5, 0.6) is 0 Å². The number of hydrogen-bond donors (Lipinski definition) is 1. The monoisotopic (exact) mass is 232 g/mol. The molecule has 4 heteroatoms. The van der Waals surface area contributed by atoms with Crippen LogP contribution in [0.15, 0.2) is 29.1 Å². The van der Waals surface area contributed by atoms with Crippen molar-refractivity contribution in [3.63, 3.8) is 0 Å². The number of aromatic amines is 1. The van der Waals surface area contributed by atoms with E-state index in [4.69, 9.17) is 0 Å². The lowest BCUT2D eigenvalue weighted by molar-refractivity contribution is 0.589. The van der Waals surface area contributed by atoms with Gasteiger partial charge in [-0.2, -0.15) is 4.39 Å². The zero-order chi connectivity index (χ0) is 12.4. The number of aryl methyl sites for hydroxylation is 2. The molecule has 0 saturated heterocycles. The van der Waals surface area contributed by atoms with E-state index in [-0.39, 0.29) is 5.69 Å². The van der Waals surface area contributed by atoms with Crippen molar-refractivity contribution in [1.82, 2.24) is 9.97 Å². The van der Waals surface area contributed by atoms with Crippen molar-refractivity contribution in [3.8, 4) is 11.4 Å². The molecule has 0 aliphatic rings. The van der Waals surface area contributed by atoms with Gasteiger partial charge in [-0.1, -0.05) is 31.2 Å². The number of aromatic nitrogens is 2. The van der Waals surface area contributed by atoms with Crippen molar-refractivity contribution in [2.45, 2.75) is 20.3 Å². The summed E-state index contributed by atoms with van der Waals surface area (Å²) in [5, 5.41) is 0. The predicted molar refractivity (Wildman–Crippen MR) is 64.4 cm³/mol. The van der Waals surface area contributed by atoms with Crippen LogP contribution in [0.3, 0.4) is 0 Å². The summed E-state index contributed by atoms with van der Waals surface area (Å²) in [6.45, 7) is 3.55. The van der Waals surface area contributed by atoms with E-state index in [0.717, 1.165) is 12.0 Å². The molecular weight excluding hydrogens is 219 g/mol. The molecule has 0 unspecified atom stereocenters. The Bertz CT molecular complexity index is 587. The van der Waals surface area contributed by atoms with Gasteiger partial charge in [-0.05, 0) is 18.9 Å². The number of rotatable bonds is 2. The zero-order valence-corrected chi connectivity index (χ0v) is 9.75. The molecule has 3 nitrogen and oxygen atoms in total. The van der Waals surface area contributed by atoms with Gasteiger partial charge >= 0.3 is 0 Å². The highest BCUT2D eigenvalue weighted by molar-refractivity contribution is 5.55. The van der Waals surface area contributed by atoms with E-state index >= 15 is 0 Å². The van der Waals surface area contributed by atoms with Gasteiger partial charge in [0.25, 0.3) is 5.56 Å². The second kappa shape index (κ2) is 4.49. The summed E-state index contributed by atoms with van der Waals surface area (Å²) in [5.41, 5.74) is 1.37. The van der Waals surface area contributed by atoms with Crippen LogP contribution in [0.1, 0.15) is 18.2 Å². The minimum atomic E-state index is -0.820. The van der Waals surface area contributed by atoms with Crippen LogP contribution in [-0.4, -0.2) is 9.97 Å². The van der Waals surface area contributed by atoms with E-state index in [1.165, 1.54) is 12.5 Å². The van der Waals surface area contributed by atoms with Gasteiger partial charge in [0, 0.05) is 5.56 Å². The third-order valence-electron chi connectivity index (χ3n) is 2.66.